The Morgan fingerprint density at radius 2 is 1.64 bits per heavy atom. The van der Waals surface area contributed by atoms with Crippen molar-refractivity contribution in [1.82, 2.24) is 0 Å². The van der Waals surface area contributed by atoms with Gasteiger partial charge in [0, 0.05) is 11.6 Å². The molecule has 0 saturated carbocycles. The van der Waals surface area contributed by atoms with Gasteiger partial charge in [0.1, 0.15) is 18.1 Å². The molecule has 0 fully saturated rings. The second-order valence-corrected chi connectivity index (χ2v) is 8.26. The minimum Gasteiger partial charge on any atom is -0.508 e. The zero-order chi connectivity index (χ0) is 20.7. The smallest absolute Gasteiger partial charge is 0.131 e. The number of phenols is 1. The highest BCUT2D eigenvalue weighted by Crippen LogP contribution is 2.41. The Balaban J connectivity index is 1.85. The van der Waals surface area contributed by atoms with Crippen molar-refractivity contribution in [3.8, 4) is 11.5 Å². The summed E-state index contributed by atoms with van der Waals surface area (Å²) in [4.78, 5) is 0. The second-order valence-electron chi connectivity index (χ2n) is 8.26. The van der Waals surface area contributed by atoms with E-state index in [-0.39, 0.29) is 0 Å². The fraction of sp³-hybridized carbons (Fsp3) is 0.462. The third kappa shape index (κ3) is 6.15. The molecule has 0 saturated heterocycles. The van der Waals surface area contributed by atoms with Crippen LogP contribution in [0.5, 0.6) is 11.5 Å². The van der Waals surface area contributed by atoms with Crippen molar-refractivity contribution in [3.05, 3.63) is 64.3 Å². The lowest BCUT2D eigenvalue weighted by Crippen LogP contribution is -1.94. The normalized spacial score (nSPS) is 14.1. The zero-order valence-electron chi connectivity index (χ0n) is 18.3. The third-order valence-electron chi connectivity index (χ3n) is 5.42. The SMILES string of the molecule is C=C1COc2cc(O)c(CC/C=C(/C)CC/C=C(\C)CCC=C(C)C)c(C)c21. The van der Waals surface area contributed by atoms with Gasteiger partial charge in [-0.2, -0.15) is 0 Å². The van der Waals surface area contributed by atoms with Crippen molar-refractivity contribution in [1.29, 1.82) is 0 Å². The van der Waals surface area contributed by atoms with Gasteiger partial charge < -0.3 is 9.84 Å². The summed E-state index contributed by atoms with van der Waals surface area (Å²) in [5.74, 6) is 1.11. The predicted octanol–water partition coefficient (Wildman–Crippen LogP) is 7.46. The molecule has 2 rings (SSSR count). The number of aromatic hydroxyl groups is 1. The number of benzene rings is 1. The molecule has 1 N–H and O–H groups in total. The van der Waals surface area contributed by atoms with Crippen LogP contribution in [0.15, 0.2) is 47.6 Å². The third-order valence-corrected chi connectivity index (χ3v) is 5.42. The van der Waals surface area contributed by atoms with Crippen LogP contribution in [-0.4, -0.2) is 11.7 Å². The predicted molar refractivity (Wildman–Crippen MR) is 121 cm³/mol. The highest BCUT2D eigenvalue weighted by atomic mass is 16.5. The van der Waals surface area contributed by atoms with Gasteiger partial charge >= 0.3 is 0 Å². The number of hydrogen-bond donors (Lipinski definition) is 1. The summed E-state index contributed by atoms with van der Waals surface area (Å²) in [6.45, 7) is 15.4. The van der Waals surface area contributed by atoms with Crippen molar-refractivity contribution >= 4 is 5.57 Å². The first-order valence-electron chi connectivity index (χ1n) is 10.4. The standard InChI is InChI=1S/C26H36O2/c1-18(2)10-7-11-19(3)12-8-13-20(4)14-9-15-23-22(6)26-21(5)17-28-25(26)16-24(23)27/h10,12,14,16,27H,5,7-9,11,13,15,17H2,1-4,6H3/b19-12+,20-14-. The van der Waals surface area contributed by atoms with Gasteiger partial charge in [-0.3, -0.25) is 0 Å². The van der Waals surface area contributed by atoms with Crippen LogP contribution >= 0.6 is 0 Å². The van der Waals surface area contributed by atoms with Crippen molar-refractivity contribution in [2.75, 3.05) is 6.61 Å². The van der Waals surface area contributed by atoms with Crippen LogP contribution in [0.3, 0.4) is 0 Å². The zero-order valence-corrected chi connectivity index (χ0v) is 18.3. The van der Waals surface area contributed by atoms with Crippen molar-refractivity contribution in [2.24, 2.45) is 0 Å². The molecular formula is C26H36O2. The quantitative estimate of drug-likeness (QED) is 0.451. The molecule has 1 aromatic carbocycles. The van der Waals surface area contributed by atoms with Crippen LogP contribution in [0, 0.1) is 6.92 Å². The van der Waals surface area contributed by atoms with Gasteiger partial charge in [-0.25, -0.2) is 0 Å². The first-order valence-corrected chi connectivity index (χ1v) is 10.4. The molecule has 2 heteroatoms. The number of fused-ring (bicyclic) bond motifs is 1. The molecule has 1 aliphatic heterocycles. The Bertz CT molecular complexity index is 802. The maximum Gasteiger partial charge on any atom is 0.131 e. The van der Waals surface area contributed by atoms with E-state index in [0.29, 0.717) is 12.4 Å². The van der Waals surface area contributed by atoms with Crippen LogP contribution in [0.1, 0.15) is 76.5 Å². The van der Waals surface area contributed by atoms with E-state index in [4.69, 9.17) is 4.74 Å². The summed E-state index contributed by atoms with van der Waals surface area (Å²) in [5.41, 5.74) is 8.51. The highest BCUT2D eigenvalue weighted by molar-refractivity contribution is 5.78. The highest BCUT2D eigenvalue weighted by Gasteiger charge is 2.22. The summed E-state index contributed by atoms with van der Waals surface area (Å²) in [5, 5.41) is 10.4. The molecule has 0 aliphatic carbocycles. The Morgan fingerprint density at radius 3 is 2.29 bits per heavy atom. The van der Waals surface area contributed by atoms with Crippen LogP contribution in [0.4, 0.5) is 0 Å². The van der Waals surface area contributed by atoms with Crippen molar-refractivity contribution < 1.29 is 9.84 Å². The molecule has 0 atom stereocenters. The van der Waals surface area contributed by atoms with Crippen LogP contribution in [-0.2, 0) is 6.42 Å². The molecule has 0 radical (unpaired) electrons. The van der Waals surface area contributed by atoms with E-state index in [9.17, 15) is 5.11 Å². The van der Waals surface area contributed by atoms with Crippen LogP contribution in [0.2, 0.25) is 0 Å². The molecule has 1 heterocycles. The maximum atomic E-state index is 10.4. The van der Waals surface area contributed by atoms with Gasteiger partial charge in [0.2, 0.25) is 0 Å². The van der Waals surface area contributed by atoms with E-state index >= 15 is 0 Å². The Hall–Kier alpha value is -2.22. The summed E-state index contributed by atoms with van der Waals surface area (Å²) in [6, 6.07) is 1.75. The molecule has 0 aromatic heterocycles. The van der Waals surface area contributed by atoms with Gasteiger partial charge in [-0.1, -0.05) is 41.5 Å². The molecule has 1 aliphatic rings. The molecule has 2 nitrogen and oxygen atoms in total. The molecule has 0 bridgehead atoms. The van der Waals surface area contributed by atoms with Gasteiger partial charge in [-0.15, -0.1) is 0 Å². The Labute approximate surface area is 171 Å². The number of ether oxygens (including phenoxy) is 1. The molecule has 1 aromatic rings. The molecule has 28 heavy (non-hydrogen) atoms. The lowest BCUT2D eigenvalue weighted by Gasteiger charge is -2.12. The summed E-state index contributed by atoms with van der Waals surface area (Å²) in [7, 11) is 0. The number of allylic oxidation sites excluding steroid dienone is 6. The average molecular weight is 381 g/mol. The summed E-state index contributed by atoms with van der Waals surface area (Å²) < 4.78 is 5.59. The maximum absolute atomic E-state index is 10.4. The van der Waals surface area contributed by atoms with E-state index < -0.39 is 0 Å². The minimum absolute atomic E-state index is 0.340. The lowest BCUT2D eigenvalue weighted by molar-refractivity contribution is 0.383. The summed E-state index contributed by atoms with van der Waals surface area (Å²) in [6.07, 6.45) is 13.3. The van der Waals surface area contributed by atoms with E-state index in [2.05, 4.69) is 59.4 Å². The summed E-state index contributed by atoms with van der Waals surface area (Å²) >= 11 is 0. The Morgan fingerprint density at radius 1 is 1.04 bits per heavy atom. The molecule has 152 valence electrons. The van der Waals surface area contributed by atoms with Crippen LogP contribution < -0.4 is 4.74 Å². The average Bonchev–Trinajstić information content (AvgIpc) is 2.98. The lowest BCUT2D eigenvalue weighted by atomic mass is 9.94. The fourth-order valence-electron chi connectivity index (χ4n) is 3.72. The van der Waals surface area contributed by atoms with E-state index in [0.717, 1.165) is 66.5 Å². The first kappa shape index (κ1) is 22.1. The van der Waals surface area contributed by atoms with E-state index in [1.54, 1.807) is 6.07 Å². The Kier molecular flexibility index (Phi) is 8.17. The van der Waals surface area contributed by atoms with Gasteiger partial charge in [0.25, 0.3) is 0 Å². The largest absolute Gasteiger partial charge is 0.508 e. The molecule has 0 spiro atoms. The van der Waals surface area contributed by atoms with Gasteiger partial charge in [-0.05, 0) is 89.8 Å². The minimum atomic E-state index is 0.340. The van der Waals surface area contributed by atoms with Gasteiger partial charge in [0.05, 0.1) is 0 Å². The van der Waals surface area contributed by atoms with Crippen molar-refractivity contribution in [2.45, 2.75) is 73.1 Å². The molecular weight excluding hydrogens is 344 g/mol. The van der Waals surface area contributed by atoms with E-state index in [1.807, 2.05) is 0 Å². The van der Waals surface area contributed by atoms with E-state index in [1.165, 1.54) is 16.7 Å². The first-order chi connectivity index (χ1) is 13.3. The second kappa shape index (κ2) is 10.4. The monoisotopic (exact) mass is 380 g/mol. The number of hydrogen-bond acceptors (Lipinski definition) is 2. The molecule has 0 amide bonds. The van der Waals surface area contributed by atoms with Gasteiger partial charge in [0.15, 0.2) is 0 Å². The van der Waals surface area contributed by atoms with Crippen LogP contribution in [0.25, 0.3) is 5.57 Å². The number of rotatable bonds is 9. The molecule has 0 unspecified atom stereocenters. The van der Waals surface area contributed by atoms with Crippen molar-refractivity contribution in [3.63, 3.8) is 0 Å². The topological polar surface area (TPSA) is 29.5 Å². The fourth-order valence-corrected chi connectivity index (χ4v) is 3.72. The number of phenolic OH excluding ortho intramolecular Hbond substituents is 1.